The fourth-order valence-electron chi connectivity index (χ4n) is 2.24. The highest BCUT2D eigenvalue weighted by molar-refractivity contribution is 7.89. The van der Waals surface area contributed by atoms with Crippen LogP contribution >= 0.6 is 12.4 Å². The molecule has 4 nitrogen and oxygen atoms in total. The Balaban J connectivity index is 0.00000180. The molecular weight excluding hydrogens is 284 g/mol. The summed E-state index contributed by atoms with van der Waals surface area (Å²) in [5.41, 5.74) is 0.954. The molecule has 0 unspecified atom stereocenters. The van der Waals surface area contributed by atoms with Gasteiger partial charge in [-0.25, -0.2) is 13.1 Å². The highest BCUT2D eigenvalue weighted by Gasteiger charge is 2.17. The molecule has 1 atom stereocenters. The summed E-state index contributed by atoms with van der Waals surface area (Å²) in [5.74, 6) is 0. The van der Waals surface area contributed by atoms with E-state index in [1.807, 2.05) is 13.0 Å². The van der Waals surface area contributed by atoms with Crippen LogP contribution in [0.1, 0.15) is 24.8 Å². The van der Waals surface area contributed by atoms with E-state index in [1.54, 1.807) is 18.2 Å². The predicted molar refractivity (Wildman–Crippen MR) is 79.3 cm³/mol. The molecule has 19 heavy (non-hydrogen) atoms. The van der Waals surface area contributed by atoms with Gasteiger partial charge in [-0.2, -0.15) is 0 Å². The molecule has 1 heterocycles. The lowest BCUT2D eigenvalue weighted by Crippen LogP contribution is -2.30. The van der Waals surface area contributed by atoms with Gasteiger partial charge in [-0.05, 0) is 50.4 Å². The molecule has 1 saturated heterocycles. The zero-order valence-corrected chi connectivity index (χ0v) is 12.7. The van der Waals surface area contributed by atoms with E-state index in [0.29, 0.717) is 17.5 Å². The van der Waals surface area contributed by atoms with Crippen LogP contribution in [0.15, 0.2) is 29.2 Å². The topological polar surface area (TPSA) is 58.2 Å². The lowest BCUT2D eigenvalue weighted by Gasteiger charge is -2.11. The number of nitrogens with one attached hydrogen (secondary N) is 2. The fourth-order valence-corrected chi connectivity index (χ4v) is 3.39. The summed E-state index contributed by atoms with van der Waals surface area (Å²) in [6.45, 7) is 3.44. The van der Waals surface area contributed by atoms with Gasteiger partial charge < -0.3 is 5.32 Å². The van der Waals surface area contributed by atoms with Crippen molar-refractivity contribution in [3.8, 4) is 0 Å². The lowest BCUT2D eigenvalue weighted by molar-refractivity contribution is 0.539. The van der Waals surface area contributed by atoms with Crippen LogP contribution in [0, 0.1) is 6.92 Å². The third-order valence-corrected chi connectivity index (χ3v) is 4.71. The van der Waals surface area contributed by atoms with Gasteiger partial charge in [0, 0.05) is 12.6 Å². The van der Waals surface area contributed by atoms with Crippen molar-refractivity contribution in [3.05, 3.63) is 29.8 Å². The van der Waals surface area contributed by atoms with Gasteiger partial charge in [-0.1, -0.05) is 12.1 Å². The summed E-state index contributed by atoms with van der Waals surface area (Å²) in [6.07, 6.45) is 3.19. The van der Waals surface area contributed by atoms with E-state index >= 15 is 0 Å². The Hall–Kier alpha value is -0.620. The third-order valence-electron chi connectivity index (χ3n) is 3.25. The van der Waals surface area contributed by atoms with Crippen molar-refractivity contribution in [2.45, 2.75) is 37.1 Å². The molecule has 0 amide bonds. The standard InChI is InChI=1S/C13H20N2O2S.ClH/c1-11-4-2-6-13(10-11)18(16,17)15-9-7-12-5-3-8-14-12;/h2,4,6,10,12,14-15H,3,5,7-9H2,1H3;1H/t12-;/m1./s1. The first kappa shape index (κ1) is 16.4. The Bertz CT molecular complexity index is 499. The van der Waals surface area contributed by atoms with Crippen LogP contribution in [0.25, 0.3) is 0 Å². The first-order chi connectivity index (χ1) is 8.58. The molecule has 1 aliphatic rings. The minimum Gasteiger partial charge on any atom is -0.314 e. The number of sulfonamides is 1. The second-order valence-electron chi connectivity index (χ2n) is 4.80. The largest absolute Gasteiger partial charge is 0.314 e. The average molecular weight is 305 g/mol. The Morgan fingerprint density at radius 3 is 2.84 bits per heavy atom. The summed E-state index contributed by atoms with van der Waals surface area (Å²) in [4.78, 5) is 0.349. The molecule has 1 aromatic rings. The van der Waals surface area contributed by atoms with Gasteiger partial charge in [0.25, 0.3) is 0 Å². The highest BCUT2D eigenvalue weighted by Crippen LogP contribution is 2.12. The van der Waals surface area contributed by atoms with Gasteiger partial charge >= 0.3 is 0 Å². The molecule has 0 spiro atoms. The van der Waals surface area contributed by atoms with E-state index in [-0.39, 0.29) is 12.4 Å². The van der Waals surface area contributed by atoms with E-state index in [1.165, 1.54) is 6.42 Å². The van der Waals surface area contributed by atoms with Crippen molar-refractivity contribution < 1.29 is 8.42 Å². The first-order valence-corrected chi connectivity index (χ1v) is 7.86. The summed E-state index contributed by atoms with van der Waals surface area (Å²) in [6, 6.07) is 7.44. The number of hydrogen-bond donors (Lipinski definition) is 2. The van der Waals surface area contributed by atoms with Crippen molar-refractivity contribution in [1.82, 2.24) is 10.0 Å². The average Bonchev–Trinajstić information content (AvgIpc) is 2.82. The Labute approximate surface area is 121 Å². The SMILES string of the molecule is Cc1cccc(S(=O)(=O)NCC[C@H]2CCCN2)c1.Cl. The molecule has 108 valence electrons. The van der Waals surface area contributed by atoms with Crippen LogP contribution < -0.4 is 10.0 Å². The van der Waals surface area contributed by atoms with Crippen LogP contribution in [0.2, 0.25) is 0 Å². The Morgan fingerprint density at radius 2 is 2.21 bits per heavy atom. The van der Waals surface area contributed by atoms with E-state index < -0.39 is 10.0 Å². The summed E-state index contributed by atoms with van der Waals surface area (Å²) in [7, 11) is -3.35. The smallest absolute Gasteiger partial charge is 0.240 e. The molecule has 1 fully saturated rings. The Kier molecular flexibility index (Phi) is 6.26. The maximum atomic E-state index is 12.0. The number of benzene rings is 1. The minimum absolute atomic E-state index is 0. The monoisotopic (exact) mass is 304 g/mol. The highest BCUT2D eigenvalue weighted by atomic mass is 35.5. The minimum atomic E-state index is -3.35. The normalized spacial score (nSPS) is 19.1. The fraction of sp³-hybridized carbons (Fsp3) is 0.538. The van der Waals surface area contributed by atoms with Gasteiger partial charge in [0.2, 0.25) is 10.0 Å². The number of hydrogen-bond acceptors (Lipinski definition) is 3. The van der Waals surface area contributed by atoms with Gasteiger partial charge in [0.05, 0.1) is 4.90 Å². The van der Waals surface area contributed by atoms with E-state index in [9.17, 15) is 8.42 Å². The van der Waals surface area contributed by atoms with E-state index in [4.69, 9.17) is 0 Å². The van der Waals surface area contributed by atoms with E-state index in [0.717, 1.165) is 24.9 Å². The van der Waals surface area contributed by atoms with Crippen LogP contribution in [-0.2, 0) is 10.0 Å². The number of aryl methyl sites for hydroxylation is 1. The number of rotatable bonds is 5. The van der Waals surface area contributed by atoms with Crippen LogP contribution in [0.3, 0.4) is 0 Å². The third kappa shape index (κ3) is 4.76. The quantitative estimate of drug-likeness (QED) is 0.872. The van der Waals surface area contributed by atoms with Gasteiger partial charge in [-0.15, -0.1) is 12.4 Å². The van der Waals surface area contributed by atoms with Crippen LogP contribution in [0.4, 0.5) is 0 Å². The maximum Gasteiger partial charge on any atom is 0.240 e. The molecule has 0 aromatic heterocycles. The van der Waals surface area contributed by atoms with Gasteiger partial charge in [0.15, 0.2) is 0 Å². The second kappa shape index (κ2) is 7.24. The second-order valence-corrected chi connectivity index (χ2v) is 6.56. The number of halogens is 1. The van der Waals surface area contributed by atoms with Crippen molar-refractivity contribution in [3.63, 3.8) is 0 Å². The molecule has 1 aliphatic heterocycles. The van der Waals surface area contributed by atoms with Crippen molar-refractivity contribution in [1.29, 1.82) is 0 Å². The van der Waals surface area contributed by atoms with Crippen molar-refractivity contribution in [2.24, 2.45) is 0 Å². The zero-order chi connectivity index (χ0) is 13.0. The molecule has 0 radical (unpaired) electrons. The molecule has 0 aliphatic carbocycles. The molecule has 6 heteroatoms. The molecule has 2 N–H and O–H groups in total. The molecule has 2 rings (SSSR count). The zero-order valence-electron chi connectivity index (χ0n) is 11.1. The Morgan fingerprint density at radius 1 is 1.42 bits per heavy atom. The molecule has 1 aromatic carbocycles. The van der Waals surface area contributed by atoms with E-state index in [2.05, 4.69) is 10.0 Å². The maximum absolute atomic E-state index is 12.0. The predicted octanol–water partition coefficient (Wildman–Crippen LogP) is 1.84. The van der Waals surface area contributed by atoms with Crippen LogP contribution in [0.5, 0.6) is 0 Å². The lowest BCUT2D eigenvalue weighted by atomic mass is 10.2. The molecule has 0 bridgehead atoms. The first-order valence-electron chi connectivity index (χ1n) is 6.38. The van der Waals surface area contributed by atoms with Gasteiger partial charge in [0.1, 0.15) is 0 Å². The summed E-state index contributed by atoms with van der Waals surface area (Å²) in [5, 5.41) is 3.36. The summed E-state index contributed by atoms with van der Waals surface area (Å²) < 4.78 is 26.7. The molecule has 0 saturated carbocycles. The van der Waals surface area contributed by atoms with Crippen molar-refractivity contribution in [2.75, 3.05) is 13.1 Å². The van der Waals surface area contributed by atoms with Crippen LogP contribution in [-0.4, -0.2) is 27.5 Å². The van der Waals surface area contributed by atoms with Crippen molar-refractivity contribution >= 4 is 22.4 Å². The summed E-state index contributed by atoms with van der Waals surface area (Å²) >= 11 is 0. The van der Waals surface area contributed by atoms with Gasteiger partial charge in [-0.3, -0.25) is 0 Å². The molecular formula is C13H21ClN2O2S.